The lowest BCUT2D eigenvalue weighted by molar-refractivity contribution is 0.373. The van der Waals surface area contributed by atoms with E-state index < -0.39 is 0 Å². The van der Waals surface area contributed by atoms with Crippen LogP contribution < -0.4 is 5.73 Å². The monoisotopic (exact) mass is 258 g/mol. The molecule has 4 rings (SSSR count). The van der Waals surface area contributed by atoms with Gasteiger partial charge < -0.3 is 14.8 Å². The molecule has 0 radical (unpaired) electrons. The third kappa shape index (κ3) is 2.08. The first kappa shape index (κ1) is 11.2. The second kappa shape index (κ2) is 4.20. The summed E-state index contributed by atoms with van der Waals surface area (Å²) in [6, 6.07) is 0.192. The molecule has 0 amide bonds. The van der Waals surface area contributed by atoms with Crippen LogP contribution >= 0.6 is 0 Å². The van der Waals surface area contributed by atoms with E-state index in [-0.39, 0.29) is 6.04 Å². The summed E-state index contributed by atoms with van der Waals surface area (Å²) in [5, 5.41) is 4.06. The van der Waals surface area contributed by atoms with Crippen molar-refractivity contribution in [2.45, 2.75) is 50.6 Å². The number of aryl methyl sites for hydroxylation is 1. The SMILES string of the molecule is NC1CCCc2cn(Cc3noc(C4CC4)n3)cc21. The third-order valence-electron chi connectivity index (χ3n) is 4.09. The van der Waals surface area contributed by atoms with Crippen LogP contribution in [-0.4, -0.2) is 14.7 Å². The molecule has 0 saturated heterocycles. The van der Waals surface area contributed by atoms with E-state index in [1.807, 2.05) is 0 Å². The van der Waals surface area contributed by atoms with E-state index in [1.54, 1.807) is 0 Å². The summed E-state index contributed by atoms with van der Waals surface area (Å²) in [7, 11) is 0. The van der Waals surface area contributed by atoms with Crippen molar-refractivity contribution in [1.82, 2.24) is 14.7 Å². The van der Waals surface area contributed by atoms with Crippen molar-refractivity contribution in [3.05, 3.63) is 35.2 Å². The Bertz CT molecular complexity index is 596. The van der Waals surface area contributed by atoms with Crippen LogP contribution in [0.2, 0.25) is 0 Å². The maximum absolute atomic E-state index is 6.14. The van der Waals surface area contributed by atoms with Crippen LogP contribution in [0.25, 0.3) is 0 Å². The van der Waals surface area contributed by atoms with E-state index in [4.69, 9.17) is 10.3 Å². The molecule has 1 saturated carbocycles. The first-order valence-corrected chi connectivity index (χ1v) is 7.06. The fourth-order valence-electron chi connectivity index (χ4n) is 2.87. The smallest absolute Gasteiger partial charge is 0.229 e. The Hall–Kier alpha value is -1.62. The molecule has 2 aliphatic carbocycles. The third-order valence-corrected chi connectivity index (χ3v) is 4.09. The van der Waals surface area contributed by atoms with Gasteiger partial charge >= 0.3 is 0 Å². The summed E-state index contributed by atoms with van der Waals surface area (Å²) >= 11 is 0. The van der Waals surface area contributed by atoms with Gasteiger partial charge in [-0.1, -0.05) is 5.16 Å². The Morgan fingerprint density at radius 3 is 3.00 bits per heavy atom. The van der Waals surface area contributed by atoms with Crippen molar-refractivity contribution in [3.63, 3.8) is 0 Å². The van der Waals surface area contributed by atoms with Gasteiger partial charge in [-0.05, 0) is 43.2 Å². The maximum Gasteiger partial charge on any atom is 0.229 e. The molecule has 1 fully saturated rings. The van der Waals surface area contributed by atoms with Crippen molar-refractivity contribution in [3.8, 4) is 0 Å². The predicted octanol–water partition coefficient (Wildman–Crippen LogP) is 2.13. The lowest BCUT2D eigenvalue weighted by Crippen LogP contribution is -2.15. The van der Waals surface area contributed by atoms with E-state index in [1.165, 1.54) is 30.4 Å². The molecule has 1 unspecified atom stereocenters. The first-order valence-electron chi connectivity index (χ1n) is 7.06. The molecular formula is C14H18N4O. The Labute approximate surface area is 111 Å². The van der Waals surface area contributed by atoms with Crippen LogP contribution in [0.4, 0.5) is 0 Å². The normalized spacial score (nSPS) is 22.5. The molecule has 100 valence electrons. The quantitative estimate of drug-likeness (QED) is 0.915. The van der Waals surface area contributed by atoms with Crippen LogP contribution in [0.15, 0.2) is 16.9 Å². The zero-order valence-corrected chi connectivity index (χ0v) is 10.9. The van der Waals surface area contributed by atoms with Crippen LogP contribution in [0.1, 0.15) is 60.5 Å². The highest BCUT2D eigenvalue weighted by Crippen LogP contribution is 2.38. The Balaban J connectivity index is 1.55. The zero-order chi connectivity index (χ0) is 12.8. The standard InChI is InChI=1S/C14H18N4O/c15-12-3-1-2-10-6-18(7-11(10)12)8-13-16-14(19-17-13)9-4-5-9/h6-7,9,12H,1-5,8,15H2. The lowest BCUT2D eigenvalue weighted by Gasteiger charge is -2.17. The topological polar surface area (TPSA) is 69.9 Å². The van der Waals surface area contributed by atoms with Crippen molar-refractivity contribution in [2.75, 3.05) is 0 Å². The van der Waals surface area contributed by atoms with Crippen molar-refractivity contribution >= 4 is 0 Å². The largest absolute Gasteiger partial charge is 0.346 e. The van der Waals surface area contributed by atoms with Crippen molar-refractivity contribution < 1.29 is 4.52 Å². The Morgan fingerprint density at radius 2 is 2.21 bits per heavy atom. The van der Waals surface area contributed by atoms with Crippen LogP contribution in [0.5, 0.6) is 0 Å². The van der Waals surface area contributed by atoms with Gasteiger partial charge in [0.15, 0.2) is 5.82 Å². The van der Waals surface area contributed by atoms with Gasteiger partial charge in [-0.3, -0.25) is 0 Å². The molecule has 2 aromatic rings. The van der Waals surface area contributed by atoms with Gasteiger partial charge in [0.1, 0.15) is 0 Å². The van der Waals surface area contributed by atoms with Crippen LogP contribution in [-0.2, 0) is 13.0 Å². The van der Waals surface area contributed by atoms with Gasteiger partial charge in [0.25, 0.3) is 0 Å². The highest BCUT2D eigenvalue weighted by Gasteiger charge is 2.29. The number of aromatic nitrogens is 3. The van der Waals surface area contributed by atoms with E-state index in [0.29, 0.717) is 12.5 Å². The molecule has 19 heavy (non-hydrogen) atoms. The number of rotatable bonds is 3. The second-order valence-electron chi connectivity index (χ2n) is 5.73. The van der Waals surface area contributed by atoms with E-state index >= 15 is 0 Å². The van der Waals surface area contributed by atoms with Gasteiger partial charge in [0.2, 0.25) is 5.89 Å². The first-order chi connectivity index (χ1) is 9.29. The summed E-state index contributed by atoms with van der Waals surface area (Å²) in [4.78, 5) is 4.46. The summed E-state index contributed by atoms with van der Waals surface area (Å²) in [5.74, 6) is 2.10. The molecule has 0 aliphatic heterocycles. The molecular weight excluding hydrogens is 240 g/mol. The fraction of sp³-hybridized carbons (Fsp3) is 0.571. The minimum atomic E-state index is 0.192. The lowest BCUT2D eigenvalue weighted by atomic mass is 9.92. The van der Waals surface area contributed by atoms with Gasteiger partial charge in [-0.2, -0.15) is 4.98 Å². The summed E-state index contributed by atoms with van der Waals surface area (Å²) in [5.41, 5.74) is 8.81. The van der Waals surface area contributed by atoms with Crippen LogP contribution in [0.3, 0.4) is 0 Å². The van der Waals surface area contributed by atoms with E-state index in [0.717, 1.165) is 24.6 Å². The number of hydrogen-bond donors (Lipinski definition) is 1. The Morgan fingerprint density at radius 1 is 1.32 bits per heavy atom. The molecule has 2 heterocycles. The molecule has 2 aromatic heterocycles. The molecule has 5 nitrogen and oxygen atoms in total. The molecule has 0 bridgehead atoms. The van der Waals surface area contributed by atoms with Crippen molar-refractivity contribution in [2.24, 2.45) is 5.73 Å². The zero-order valence-electron chi connectivity index (χ0n) is 10.9. The number of fused-ring (bicyclic) bond motifs is 1. The fourth-order valence-corrected chi connectivity index (χ4v) is 2.87. The van der Waals surface area contributed by atoms with E-state index in [9.17, 15) is 0 Å². The summed E-state index contributed by atoms with van der Waals surface area (Å²) in [6.07, 6.45) is 10.1. The van der Waals surface area contributed by atoms with E-state index in [2.05, 4.69) is 27.1 Å². The maximum atomic E-state index is 6.14. The average molecular weight is 258 g/mol. The number of hydrogen-bond acceptors (Lipinski definition) is 4. The number of nitrogens with zero attached hydrogens (tertiary/aromatic N) is 3. The molecule has 2 aliphatic rings. The van der Waals surface area contributed by atoms with Gasteiger partial charge in [-0.25, -0.2) is 0 Å². The van der Waals surface area contributed by atoms with Gasteiger partial charge in [-0.15, -0.1) is 0 Å². The minimum Gasteiger partial charge on any atom is -0.346 e. The van der Waals surface area contributed by atoms with Gasteiger partial charge in [0, 0.05) is 24.4 Å². The van der Waals surface area contributed by atoms with Crippen LogP contribution in [0, 0.1) is 0 Å². The molecule has 1 atom stereocenters. The Kier molecular flexibility index (Phi) is 2.48. The van der Waals surface area contributed by atoms with Gasteiger partial charge in [0.05, 0.1) is 6.54 Å². The highest BCUT2D eigenvalue weighted by molar-refractivity contribution is 5.30. The molecule has 0 spiro atoms. The summed E-state index contributed by atoms with van der Waals surface area (Å²) < 4.78 is 7.42. The average Bonchev–Trinajstić information content (AvgIpc) is 3.00. The molecule has 5 heteroatoms. The molecule has 2 N–H and O–H groups in total. The van der Waals surface area contributed by atoms with Crippen molar-refractivity contribution in [1.29, 1.82) is 0 Å². The minimum absolute atomic E-state index is 0.192. The summed E-state index contributed by atoms with van der Waals surface area (Å²) in [6.45, 7) is 0.677. The number of nitrogens with two attached hydrogens (primary N) is 1. The predicted molar refractivity (Wildman–Crippen MR) is 69.7 cm³/mol. The molecule has 0 aromatic carbocycles. The second-order valence-corrected chi connectivity index (χ2v) is 5.73. The highest BCUT2D eigenvalue weighted by atomic mass is 16.5.